The summed E-state index contributed by atoms with van der Waals surface area (Å²) in [5.41, 5.74) is 2.49. The van der Waals surface area contributed by atoms with Crippen LogP contribution < -0.4 is 5.32 Å². The molecule has 1 atom stereocenters. The summed E-state index contributed by atoms with van der Waals surface area (Å²) in [7, 11) is 0. The third-order valence-corrected chi connectivity index (χ3v) is 5.92. The maximum absolute atomic E-state index is 12.8. The Morgan fingerprint density at radius 3 is 2.55 bits per heavy atom. The number of carbonyl (C=O) groups excluding carboxylic acids is 2. The van der Waals surface area contributed by atoms with Crippen molar-refractivity contribution < 1.29 is 9.59 Å². The van der Waals surface area contributed by atoms with E-state index in [0.29, 0.717) is 23.7 Å². The molecule has 0 saturated carbocycles. The van der Waals surface area contributed by atoms with Gasteiger partial charge >= 0.3 is 0 Å². The lowest BCUT2D eigenvalue weighted by Gasteiger charge is -2.32. The number of hydrogen-bond donors (Lipinski definition) is 1. The summed E-state index contributed by atoms with van der Waals surface area (Å²) < 4.78 is 2.07. The van der Waals surface area contributed by atoms with Crippen LogP contribution in [0.1, 0.15) is 34.6 Å². The van der Waals surface area contributed by atoms with E-state index in [0.717, 1.165) is 36.5 Å². The van der Waals surface area contributed by atoms with Gasteiger partial charge in [0, 0.05) is 48.3 Å². The number of imidazole rings is 1. The molecule has 1 fully saturated rings. The van der Waals surface area contributed by atoms with E-state index in [-0.39, 0.29) is 17.7 Å². The van der Waals surface area contributed by atoms with Crippen molar-refractivity contribution in [2.24, 2.45) is 5.92 Å². The van der Waals surface area contributed by atoms with Gasteiger partial charge in [-0.2, -0.15) is 0 Å². The first-order valence-electron chi connectivity index (χ1n) is 10.4. The molecule has 0 bridgehead atoms. The second-order valence-electron chi connectivity index (χ2n) is 7.89. The maximum atomic E-state index is 12.8. The summed E-state index contributed by atoms with van der Waals surface area (Å²) in [6, 6.07) is 14.7. The van der Waals surface area contributed by atoms with Gasteiger partial charge < -0.3 is 14.8 Å². The van der Waals surface area contributed by atoms with E-state index in [2.05, 4.69) is 14.9 Å². The average Bonchev–Trinajstić information content (AvgIpc) is 3.19. The van der Waals surface area contributed by atoms with E-state index in [1.165, 1.54) is 0 Å². The highest BCUT2D eigenvalue weighted by Crippen LogP contribution is 2.22. The van der Waals surface area contributed by atoms with Crippen LogP contribution in [0.25, 0.3) is 0 Å². The minimum absolute atomic E-state index is 0.0492. The molecule has 1 aromatic heterocycles. The van der Waals surface area contributed by atoms with Crippen molar-refractivity contribution in [3.05, 3.63) is 82.9 Å². The standard InChI is InChI=1S/C24H25ClN4O2/c1-17-26-12-14-28(17)15-18-4-10-22(11-5-18)27-23(30)20-3-2-13-29(16-20)24(31)19-6-8-21(25)9-7-19/h4-12,14,20H,2-3,13,15-16H2,1H3,(H,27,30). The zero-order valence-corrected chi connectivity index (χ0v) is 18.2. The van der Waals surface area contributed by atoms with Gasteiger partial charge in [-0.25, -0.2) is 4.98 Å². The number of rotatable bonds is 5. The maximum Gasteiger partial charge on any atom is 0.253 e. The number of halogens is 1. The lowest BCUT2D eigenvalue weighted by molar-refractivity contribution is -0.121. The Balaban J connectivity index is 1.35. The fourth-order valence-corrected chi connectivity index (χ4v) is 3.98. The number of anilines is 1. The van der Waals surface area contributed by atoms with Crippen molar-refractivity contribution in [1.29, 1.82) is 0 Å². The van der Waals surface area contributed by atoms with Gasteiger partial charge in [-0.3, -0.25) is 9.59 Å². The van der Waals surface area contributed by atoms with E-state index in [9.17, 15) is 9.59 Å². The third-order valence-electron chi connectivity index (χ3n) is 5.67. The Kier molecular flexibility index (Phi) is 6.37. The average molecular weight is 437 g/mol. The van der Waals surface area contributed by atoms with Gasteiger partial charge in [-0.1, -0.05) is 23.7 Å². The van der Waals surface area contributed by atoms with Crippen LogP contribution in [-0.2, 0) is 11.3 Å². The smallest absolute Gasteiger partial charge is 0.253 e. The second-order valence-corrected chi connectivity index (χ2v) is 8.32. The number of carbonyl (C=O) groups is 2. The fraction of sp³-hybridized carbons (Fsp3) is 0.292. The topological polar surface area (TPSA) is 67.2 Å². The first-order valence-corrected chi connectivity index (χ1v) is 10.8. The molecule has 0 spiro atoms. The molecule has 2 heterocycles. The zero-order valence-electron chi connectivity index (χ0n) is 17.4. The minimum Gasteiger partial charge on any atom is -0.338 e. The summed E-state index contributed by atoms with van der Waals surface area (Å²) in [6.07, 6.45) is 5.31. The number of likely N-dealkylation sites (tertiary alicyclic amines) is 1. The van der Waals surface area contributed by atoms with Gasteiger partial charge in [-0.05, 0) is 61.7 Å². The molecule has 2 amide bonds. The number of nitrogens with zero attached hydrogens (tertiary/aromatic N) is 3. The summed E-state index contributed by atoms with van der Waals surface area (Å²) in [5, 5.41) is 3.60. The van der Waals surface area contributed by atoms with Crippen LogP contribution in [0.2, 0.25) is 5.02 Å². The highest BCUT2D eigenvalue weighted by Gasteiger charge is 2.29. The quantitative estimate of drug-likeness (QED) is 0.645. The summed E-state index contributed by atoms with van der Waals surface area (Å²) in [6.45, 7) is 3.79. The van der Waals surface area contributed by atoms with E-state index in [1.807, 2.05) is 37.4 Å². The molecule has 1 saturated heterocycles. The van der Waals surface area contributed by atoms with Gasteiger partial charge in [0.1, 0.15) is 5.82 Å². The van der Waals surface area contributed by atoms with Crippen molar-refractivity contribution in [2.75, 3.05) is 18.4 Å². The number of benzene rings is 2. The van der Waals surface area contributed by atoms with Crippen molar-refractivity contribution in [1.82, 2.24) is 14.5 Å². The normalized spacial score (nSPS) is 16.2. The van der Waals surface area contributed by atoms with Crippen molar-refractivity contribution in [3.63, 3.8) is 0 Å². The lowest BCUT2D eigenvalue weighted by Crippen LogP contribution is -2.43. The lowest BCUT2D eigenvalue weighted by atomic mass is 9.96. The van der Waals surface area contributed by atoms with Crippen LogP contribution in [-0.4, -0.2) is 39.4 Å². The number of aromatic nitrogens is 2. The predicted molar refractivity (Wildman–Crippen MR) is 121 cm³/mol. The fourth-order valence-electron chi connectivity index (χ4n) is 3.86. The van der Waals surface area contributed by atoms with Gasteiger partial charge in [0.05, 0.1) is 5.92 Å². The molecule has 7 heteroatoms. The second kappa shape index (κ2) is 9.35. The number of hydrogen-bond acceptors (Lipinski definition) is 3. The van der Waals surface area contributed by atoms with Gasteiger partial charge in [0.25, 0.3) is 5.91 Å². The van der Waals surface area contributed by atoms with Crippen LogP contribution in [0.4, 0.5) is 5.69 Å². The molecule has 2 aromatic carbocycles. The molecule has 6 nitrogen and oxygen atoms in total. The van der Waals surface area contributed by atoms with Gasteiger partial charge in [0.15, 0.2) is 0 Å². The summed E-state index contributed by atoms with van der Waals surface area (Å²) in [4.78, 5) is 31.6. The highest BCUT2D eigenvalue weighted by molar-refractivity contribution is 6.30. The number of aryl methyl sites for hydroxylation is 1. The molecule has 4 rings (SSSR count). The van der Waals surface area contributed by atoms with Crippen LogP contribution in [0.5, 0.6) is 0 Å². The number of nitrogens with one attached hydrogen (secondary N) is 1. The van der Waals surface area contributed by atoms with Gasteiger partial charge in [-0.15, -0.1) is 0 Å². The molecule has 0 aliphatic carbocycles. The van der Waals surface area contributed by atoms with Crippen molar-refractivity contribution in [3.8, 4) is 0 Å². The molecule has 1 unspecified atom stereocenters. The zero-order chi connectivity index (χ0) is 21.8. The Labute approximate surface area is 186 Å². The van der Waals surface area contributed by atoms with Crippen molar-refractivity contribution >= 4 is 29.1 Å². The Hall–Kier alpha value is -3.12. The molecule has 3 aromatic rings. The third kappa shape index (κ3) is 5.14. The largest absolute Gasteiger partial charge is 0.338 e. The van der Waals surface area contributed by atoms with Crippen LogP contribution >= 0.6 is 11.6 Å². The van der Waals surface area contributed by atoms with Crippen LogP contribution in [0, 0.1) is 12.8 Å². The summed E-state index contributed by atoms with van der Waals surface area (Å²) in [5.74, 6) is 0.630. The van der Waals surface area contributed by atoms with Crippen LogP contribution in [0.15, 0.2) is 60.9 Å². The molecule has 31 heavy (non-hydrogen) atoms. The number of amides is 2. The molecular formula is C24H25ClN4O2. The monoisotopic (exact) mass is 436 g/mol. The Morgan fingerprint density at radius 1 is 1.13 bits per heavy atom. The van der Waals surface area contributed by atoms with Crippen LogP contribution in [0.3, 0.4) is 0 Å². The molecule has 1 N–H and O–H groups in total. The molecule has 1 aliphatic heterocycles. The predicted octanol–water partition coefficient (Wildman–Crippen LogP) is 4.38. The van der Waals surface area contributed by atoms with E-state index >= 15 is 0 Å². The highest BCUT2D eigenvalue weighted by atomic mass is 35.5. The van der Waals surface area contributed by atoms with E-state index in [1.54, 1.807) is 35.4 Å². The number of piperidine rings is 1. The Morgan fingerprint density at radius 2 is 1.87 bits per heavy atom. The van der Waals surface area contributed by atoms with Crippen molar-refractivity contribution in [2.45, 2.75) is 26.3 Å². The van der Waals surface area contributed by atoms with Gasteiger partial charge in [0.2, 0.25) is 5.91 Å². The van der Waals surface area contributed by atoms with E-state index in [4.69, 9.17) is 11.6 Å². The first-order chi connectivity index (χ1) is 15.0. The van der Waals surface area contributed by atoms with E-state index < -0.39 is 0 Å². The molecular weight excluding hydrogens is 412 g/mol. The summed E-state index contributed by atoms with van der Waals surface area (Å²) >= 11 is 5.91. The molecule has 0 radical (unpaired) electrons. The SMILES string of the molecule is Cc1nccn1Cc1ccc(NC(=O)C2CCCN(C(=O)c3ccc(Cl)cc3)C2)cc1. The molecule has 1 aliphatic rings. The molecule has 160 valence electrons. The Bertz CT molecular complexity index is 1060. The first kappa shape index (κ1) is 21.1. The minimum atomic E-state index is -0.224.